The first-order valence-corrected chi connectivity index (χ1v) is 12.0. The van der Waals surface area contributed by atoms with Crippen molar-refractivity contribution in [1.29, 1.82) is 0 Å². The first-order valence-electron chi connectivity index (χ1n) is 10.3. The molecule has 2 N–H and O–H groups in total. The molecule has 4 heterocycles. The predicted molar refractivity (Wildman–Crippen MR) is 112 cm³/mol. The van der Waals surface area contributed by atoms with Gasteiger partial charge < -0.3 is 10.1 Å². The average molecular weight is 458 g/mol. The Morgan fingerprint density at radius 2 is 2.00 bits per heavy atom. The Kier molecular flexibility index (Phi) is 4.20. The lowest BCUT2D eigenvalue weighted by Gasteiger charge is -2.42. The molecular formula is C21H19N3O5S2. The van der Waals surface area contributed by atoms with Crippen molar-refractivity contribution >= 4 is 40.9 Å². The number of hydrogen-bond donors (Lipinski definition) is 2. The number of aromatic amines is 1. The second-order valence-electron chi connectivity index (χ2n) is 8.72. The van der Waals surface area contributed by atoms with E-state index in [4.69, 9.17) is 5.11 Å². The third-order valence-corrected chi connectivity index (χ3v) is 10.00. The van der Waals surface area contributed by atoms with Gasteiger partial charge in [0.25, 0.3) is 0 Å². The highest BCUT2D eigenvalue weighted by Crippen LogP contribution is 2.68. The van der Waals surface area contributed by atoms with E-state index >= 15 is 0 Å². The molecule has 6 rings (SSSR count). The van der Waals surface area contributed by atoms with Crippen molar-refractivity contribution in [3.8, 4) is 0 Å². The van der Waals surface area contributed by atoms with Crippen LogP contribution < -0.4 is 4.87 Å². The van der Waals surface area contributed by atoms with Crippen LogP contribution >= 0.6 is 23.1 Å². The Bertz CT molecular complexity index is 1160. The molecule has 2 saturated carbocycles. The van der Waals surface area contributed by atoms with Crippen LogP contribution in [0, 0.1) is 29.6 Å². The van der Waals surface area contributed by atoms with Crippen LogP contribution in [-0.4, -0.2) is 49.6 Å². The number of aliphatic carboxylic acids is 1. The second kappa shape index (κ2) is 6.77. The van der Waals surface area contributed by atoms with Gasteiger partial charge in [0.2, 0.25) is 11.8 Å². The van der Waals surface area contributed by atoms with Crippen LogP contribution in [0.3, 0.4) is 0 Å². The summed E-state index contributed by atoms with van der Waals surface area (Å²) in [5.41, 5.74) is 1.03. The topological polar surface area (TPSA) is 120 Å². The molecular weight excluding hydrogens is 438 g/mol. The molecule has 2 aliphatic heterocycles. The van der Waals surface area contributed by atoms with Gasteiger partial charge in [0.1, 0.15) is 0 Å². The molecule has 10 heteroatoms. The van der Waals surface area contributed by atoms with Crippen LogP contribution in [0.5, 0.6) is 0 Å². The normalized spacial score (nSPS) is 35.2. The highest BCUT2D eigenvalue weighted by atomic mass is 32.2. The van der Waals surface area contributed by atoms with Crippen LogP contribution in [0.1, 0.15) is 29.2 Å². The summed E-state index contributed by atoms with van der Waals surface area (Å²) in [4.78, 5) is 58.8. The third kappa shape index (κ3) is 2.64. The van der Waals surface area contributed by atoms with Crippen molar-refractivity contribution in [1.82, 2.24) is 14.9 Å². The average Bonchev–Trinajstić information content (AvgIpc) is 3.46. The molecule has 0 aromatic carbocycles. The van der Waals surface area contributed by atoms with Crippen LogP contribution in [0.25, 0.3) is 0 Å². The number of amides is 2. The molecule has 8 nitrogen and oxygen atoms in total. The summed E-state index contributed by atoms with van der Waals surface area (Å²) >= 11 is 2.86. The molecule has 160 valence electrons. The minimum atomic E-state index is -1.02. The summed E-state index contributed by atoms with van der Waals surface area (Å²) in [6, 6.07) is 3.90. The molecule has 2 amide bonds. The fraction of sp³-hybridized carbons (Fsp3) is 0.476. The van der Waals surface area contributed by atoms with Gasteiger partial charge in [-0.2, -0.15) is 0 Å². The van der Waals surface area contributed by atoms with Crippen molar-refractivity contribution < 1.29 is 19.5 Å². The van der Waals surface area contributed by atoms with Crippen LogP contribution in [0.2, 0.25) is 0 Å². The lowest BCUT2D eigenvalue weighted by Crippen LogP contribution is -2.42. The molecule has 2 aromatic rings. The minimum absolute atomic E-state index is 0.0363. The van der Waals surface area contributed by atoms with E-state index in [0.717, 1.165) is 21.9 Å². The molecule has 0 spiro atoms. The number of thiazole rings is 1. The zero-order valence-electron chi connectivity index (χ0n) is 16.3. The van der Waals surface area contributed by atoms with E-state index in [1.54, 1.807) is 18.0 Å². The van der Waals surface area contributed by atoms with Crippen molar-refractivity contribution in [3.05, 3.63) is 44.6 Å². The number of carbonyl (C=O) groups is 3. The van der Waals surface area contributed by atoms with Crippen molar-refractivity contribution in [2.45, 2.75) is 29.0 Å². The molecule has 3 fully saturated rings. The number of hydrogen-bond acceptors (Lipinski definition) is 7. The zero-order chi connectivity index (χ0) is 21.4. The number of rotatable bonds is 4. The number of fused-ring (bicyclic) bond motifs is 9. The molecule has 2 bridgehead atoms. The number of carboxylic acid groups (broad SMARTS) is 1. The number of likely N-dealkylation sites (tertiary alicyclic amines) is 1. The molecule has 1 saturated heterocycles. The SMILES string of the molecule is O=C(O)CCN1C(=O)[C@@H]2[C@H]3C[C@@H]([C@@H]2C1=O)[C@@H]1[C@H](c2cccnc2)c2sc(=O)[nH]c2S[C@H]31. The summed E-state index contributed by atoms with van der Waals surface area (Å²) in [5.74, 6) is -2.03. The van der Waals surface area contributed by atoms with E-state index in [1.807, 2.05) is 18.3 Å². The Balaban J connectivity index is 1.41. The number of nitrogens with one attached hydrogen (secondary N) is 1. The zero-order valence-corrected chi connectivity index (χ0v) is 17.9. The van der Waals surface area contributed by atoms with Crippen molar-refractivity contribution in [2.75, 3.05) is 6.54 Å². The van der Waals surface area contributed by atoms with Gasteiger partial charge >= 0.3 is 10.8 Å². The smallest absolute Gasteiger partial charge is 0.305 e. The number of carboxylic acids is 1. The number of thioether (sulfide) groups is 1. The van der Waals surface area contributed by atoms with E-state index in [-0.39, 0.29) is 70.4 Å². The number of aromatic nitrogens is 2. The van der Waals surface area contributed by atoms with Gasteiger partial charge in [0, 0.05) is 35.0 Å². The van der Waals surface area contributed by atoms with Gasteiger partial charge in [0.15, 0.2) is 0 Å². The van der Waals surface area contributed by atoms with Crippen LogP contribution in [-0.2, 0) is 14.4 Å². The molecule has 7 atom stereocenters. The molecule has 2 aromatic heterocycles. The van der Waals surface area contributed by atoms with E-state index in [1.165, 1.54) is 16.2 Å². The van der Waals surface area contributed by atoms with Crippen LogP contribution in [0.15, 0.2) is 34.3 Å². The summed E-state index contributed by atoms with van der Waals surface area (Å²) in [6.07, 6.45) is 4.13. The Hall–Kier alpha value is -2.46. The predicted octanol–water partition coefficient (Wildman–Crippen LogP) is 1.78. The summed E-state index contributed by atoms with van der Waals surface area (Å²) in [7, 11) is 0. The Labute approximate surface area is 185 Å². The first kappa shape index (κ1) is 19.2. The number of pyridine rings is 1. The summed E-state index contributed by atoms with van der Waals surface area (Å²) < 4.78 is 0. The van der Waals surface area contributed by atoms with Gasteiger partial charge in [0.05, 0.1) is 23.3 Å². The number of nitrogens with zero attached hydrogens (tertiary/aromatic N) is 2. The fourth-order valence-electron chi connectivity index (χ4n) is 6.44. The maximum Gasteiger partial charge on any atom is 0.305 e. The first-order chi connectivity index (χ1) is 15.0. The van der Waals surface area contributed by atoms with Gasteiger partial charge in [-0.05, 0) is 35.8 Å². The van der Waals surface area contributed by atoms with Gasteiger partial charge in [-0.3, -0.25) is 29.1 Å². The maximum absolute atomic E-state index is 13.2. The largest absolute Gasteiger partial charge is 0.481 e. The van der Waals surface area contributed by atoms with Gasteiger partial charge in [-0.1, -0.05) is 17.4 Å². The monoisotopic (exact) mass is 457 g/mol. The standard InChI is InChI=1S/C21H19N3O5S2/c25-11(26)3-5-24-19(27)14-9-6-10(15(14)20(24)28)16-13(9)12(8-2-1-4-22-7-8)17-18(30-16)23-21(29)31-17/h1-2,4,7,9-10,12-16H,3,5-6H2,(H,23,29)(H,25,26)/t9-,10-,12+,13-,14+,15-,16-/m1/s1. The Morgan fingerprint density at radius 1 is 1.23 bits per heavy atom. The number of carbonyl (C=O) groups excluding carboxylic acids is 2. The third-order valence-electron chi connectivity index (χ3n) is 7.41. The highest BCUT2D eigenvalue weighted by Gasteiger charge is 2.69. The lowest BCUT2D eigenvalue weighted by atomic mass is 9.68. The van der Waals surface area contributed by atoms with Crippen LogP contribution in [0.4, 0.5) is 0 Å². The van der Waals surface area contributed by atoms with Crippen molar-refractivity contribution in [2.24, 2.45) is 29.6 Å². The van der Waals surface area contributed by atoms with E-state index in [9.17, 15) is 19.2 Å². The number of imide groups is 1. The molecule has 0 unspecified atom stereocenters. The summed E-state index contributed by atoms with van der Waals surface area (Å²) in [6.45, 7) is -0.0609. The minimum Gasteiger partial charge on any atom is -0.481 e. The fourth-order valence-corrected chi connectivity index (χ4v) is 9.33. The Morgan fingerprint density at radius 3 is 2.71 bits per heavy atom. The molecule has 4 aliphatic rings. The summed E-state index contributed by atoms with van der Waals surface area (Å²) in [5, 5.41) is 10.0. The quantitative estimate of drug-likeness (QED) is 0.672. The molecule has 31 heavy (non-hydrogen) atoms. The highest BCUT2D eigenvalue weighted by molar-refractivity contribution is 8.00. The van der Waals surface area contributed by atoms with Crippen molar-refractivity contribution in [3.63, 3.8) is 0 Å². The number of H-pyrrole nitrogens is 1. The van der Waals surface area contributed by atoms with E-state index < -0.39 is 5.97 Å². The van der Waals surface area contributed by atoms with E-state index in [0.29, 0.717) is 0 Å². The molecule has 2 aliphatic carbocycles. The van der Waals surface area contributed by atoms with E-state index in [2.05, 4.69) is 9.97 Å². The molecule has 0 radical (unpaired) electrons. The second-order valence-corrected chi connectivity index (χ2v) is 10.9. The van der Waals surface area contributed by atoms with Gasteiger partial charge in [-0.25, -0.2) is 0 Å². The van der Waals surface area contributed by atoms with Gasteiger partial charge in [-0.15, -0.1) is 11.8 Å². The lowest BCUT2D eigenvalue weighted by molar-refractivity contribution is -0.142. The maximum atomic E-state index is 13.2.